The molecule has 4 aliphatic carbocycles. The van der Waals surface area contributed by atoms with Crippen LogP contribution in [0.4, 0.5) is 0 Å². The Kier molecular flexibility index (Phi) is 6.28. The molecule has 0 aromatic heterocycles. The molecular formula is C30H46O4. The highest BCUT2D eigenvalue weighted by molar-refractivity contribution is 5.99. The normalized spacial score (nSPS) is 42.6. The lowest BCUT2D eigenvalue weighted by Crippen LogP contribution is -2.57. The molecule has 7 atom stereocenters. The molecular weight excluding hydrogens is 424 g/mol. The maximum atomic E-state index is 13.9. The third-order valence-electron chi connectivity index (χ3n) is 11.7. The average molecular weight is 471 g/mol. The zero-order valence-corrected chi connectivity index (χ0v) is 22.5. The number of carbonyl (C=O) groups excluding carboxylic acids is 1. The van der Waals surface area contributed by atoms with Gasteiger partial charge in [-0.2, -0.15) is 0 Å². The van der Waals surface area contributed by atoms with E-state index in [2.05, 4.69) is 41.5 Å². The van der Waals surface area contributed by atoms with E-state index in [-0.39, 0.29) is 33.7 Å². The molecule has 0 heterocycles. The van der Waals surface area contributed by atoms with Gasteiger partial charge in [0.2, 0.25) is 0 Å². The quantitative estimate of drug-likeness (QED) is 0.437. The van der Waals surface area contributed by atoms with Gasteiger partial charge in [-0.3, -0.25) is 4.79 Å². The monoisotopic (exact) mass is 470 g/mol. The van der Waals surface area contributed by atoms with Crippen molar-refractivity contribution in [2.75, 3.05) is 0 Å². The van der Waals surface area contributed by atoms with Crippen LogP contribution in [0.5, 0.6) is 0 Å². The van der Waals surface area contributed by atoms with Gasteiger partial charge in [-0.05, 0) is 92.3 Å². The Balaban J connectivity index is 1.65. The Morgan fingerprint density at radius 1 is 1.12 bits per heavy atom. The summed E-state index contributed by atoms with van der Waals surface area (Å²) in [5.41, 5.74) is 2.82. The molecule has 0 aromatic rings. The van der Waals surface area contributed by atoms with Crippen molar-refractivity contribution < 1.29 is 19.8 Å². The molecule has 190 valence electrons. The zero-order valence-electron chi connectivity index (χ0n) is 22.5. The molecule has 4 nitrogen and oxygen atoms in total. The Morgan fingerprint density at radius 2 is 1.79 bits per heavy atom. The van der Waals surface area contributed by atoms with Crippen molar-refractivity contribution in [1.82, 2.24) is 0 Å². The van der Waals surface area contributed by atoms with E-state index in [9.17, 15) is 14.7 Å². The first-order chi connectivity index (χ1) is 15.7. The molecule has 0 amide bonds. The number of hydrogen-bond acceptors (Lipinski definition) is 3. The number of hydrogen-bond donors (Lipinski definition) is 2. The fourth-order valence-electron chi connectivity index (χ4n) is 9.16. The first kappa shape index (κ1) is 25.7. The summed E-state index contributed by atoms with van der Waals surface area (Å²) >= 11 is 0. The van der Waals surface area contributed by atoms with Crippen molar-refractivity contribution in [2.45, 2.75) is 112 Å². The van der Waals surface area contributed by atoms with Gasteiger partial charge in [-0.1, -0.05) is 53.2 Å². The van der Waals surface area contributed by atoms with E-state index in [1.54, 1.807) is 6.92 Å². The summed E-state index contributed by atoms with van der Waals surface area (Å²) < 4.78 is 0. The number of aliphatic hydroxyl groups excluding tert-OH is 1. The van der Waals surface area contributed by atoms with Crippen LogP contribution < -0.4 is 0 Å². The number of fused-ring (bicyclic) bond motifs is 4. The largest absolute Gasteiger partial charge is 0.478 e. The first-order valence-electron chi connectivity index (χ1n) is 13.6. The molecule has 0 spiro atoms. The van der Waals surface area contributed by atoms with E-state index in [4.69, 9.17) is 5.11 Å². The van der Waals surface area contributed by atoms with E-state index >= 15 is 0 Å². The molecule has 2 saturated carbocycles. The molecule has 4 aliphatic rings. The number of carboxylic acids is 1. The minimum absolute atomic E-state index is 0.0131. The lowest BCUT2D eigenvalue weighted by atomic mass is 9.43. The Bertz CT molecular complexity index is 941. The summed E-state index contributed by atoms with van der Waals surface area (Å²) in [6.07, 6.45) is 10.0. The van der Waals surface area contributed by atoms with Crippen LogP contribution in [0.25, 0.3) is 0 Å². The highest BCUT2D eigenvalue weighted by Crippen LogP contribution is 2.71. The van der Waals surface area contributed by atoms with Crippen LogP contribution in [0.3, 0.4) is 0 Å². The standard InChI is InChI=1S/C30H46O4/c1-18(9-8-10-19(2)26(33)34)20-11-16-30(7)25-21(12-15-29(20,30)6)28(5)14-13-24(32)27(3,4)23(28)17-22(25)31/h10,18,20,23-24,32H,8-9,11-17H2,1-7H3,(H,33,34)/b19-10+/t18-,20-,23-,24+,28+,29-,30+/m0/s1. The van der Waals surface area contributed by atoms with Crippen molar-refractivity contribution in [3.05, 3.63) is 22.8 Å². The molecule has 4 heteroatoms. The van der Waals surface area contributed by atoms with Crippen LogP contribution in [0, 0.1) is 39.4 Å². The smallest absolute Gasteiger partial charge is 0.330 e. The van der Waals surface area contributed by atoms with Gasteiger partial charge in [-0.15, -0.1) is 0 Å². The van der Waals surface area contributed by atoms with E-state index in [0.29, 0.717) is 29.6 Å². The van der Waals surface area contributed by atoms with Crippen molar-refractivity contribution in [2.24, 2.45) is 39.4 Å². The number of aliphatic hydroxyl groups is 1. The highest BCUT2D eigenvalue weighted by Gasteiger charge is 2.65. The molecule has 0 radical (unpaired) electrons. The first-order valence-corrected chi connectivity index (χ1v) is 13.6. The molecule has 0 aliphatic heterocycles. The minimum atomic E-state index is -0.833. The van der Waals surface area contributed by atoms with Gasteiger partial charge in [0.1, 0.15) is 0 Å². The second-order valence-electron chi connectivity index (χ2n) is 13.5. The van der Waals surface area contributed by atoms with Gasteiger partial charge in [0.05, 0.1) is 6.10 Å². The summed E-state index contributed by atoms with van der Waals surface area (Å²) in [6.45, 7) is 15.6. The molecule has 34 heavy (non-hydrogen) atoms. The maximum absolute atomic E-state index is 13.9. The van der Waals surface area contributed by atoms with E-state index in [1.807, 2.05) is 6.08 Å². The number of rotatable bonds is 5. The summed E-state index contributed by atoms with van der Waals surface area (Å²) in [6, 6.07) is 0. The molecule has 0 bridgehead atoms. The number of Topliss-reactive ketones (excluding diaryl/α,β-unsaturated/α-hetero) is 1. The third-order valence-corrected chi connectivity index (χ3v) is 11.7. The molecule has 2 N–H and O–H groups in total. The van der Waals surface area contributed by atoms with Crippen LogP contribution in [-0.2, 0) is 9.59 Å². The van der Waals surface area contributed by atoms with Crippen LogP contribution >= 0.6 is 0 Å². The minimum Gasteiger partial charge on any atom is -0.478 e. The predicted molar refractivity (Wildman–Crippen MR) is 135 cm³/mol. The van der Waals surface area contributed by atoms with Gasteiger partial charge in [-0.25, -0.2) is 4.79 Å². The van der Waals surface area contributed by atoms with Gasteiger partial charge in [0.15, 0.2) is 5.78 Å². The lowest BCUT2D eigenvalue weighted by Gasteiger charge is -2.61. The topological polar surface area (TPSA) is 74.6 Å². The van der Waals surface area contributed by atoms with Crippen molar-refractivity contribution in [1.29, 1.82) is 0 Å². The fraction of sp³-hybridized carbons (Fsp3) is 0.800. The average Bonchev–Trinajstić information content (AvgIpc) is 3.04. The molecule has 2 fully saturated rings. The Hall–Kier alpha value is -1.42. The Morgan fingerprint density at radius 3 is 2.44 bits per heavy atom. The second kappa shape index (κ2) is 8.32. The van der Waals surface area contributed by atoms with Gasteiger partial charge >= 0.3 is 5.97 Å². The number of carbonyl (C=O) groups is 2. The van der Waals surface area contributed by atoms with Crippen molar-refractivity contribution in [3.8, 4) is 0 Å². The SMILES string of the molecule is C/C(=C\CC[C@H](C)[C@@H]1CC[C@]2(C)C3=C(CC[C@@]12C)[C@@]1(C)CC[C@@H](O)C(C)(C)[C@@H]1CC3=O)C(=O)O. The van der Waals surface area contributed by atoms with Crippen molar-refractivity contribution in [3.63, 3.8) is 0 Å². The lowest BCUT2D eigenvalue weighted by molar-refractivity contribution is -0.134. The molecule has 0 saturated heterocycles. The third kappa shape index (κ3) is 3.49. The summed E-state index contributed by atoms with van der Waals surface area (Å²) in [4.78, 5) is 25.0. The van der Waals surface area contributed by atoms with Gasteiger partial charge < -0.3 is 10.2 Å². The van der Waals surface area contributed by atoms with Gasteiger partial charge in [0, 0.05) is 23.0 Å². The number of aliphatic carboxylic acids is 1. The zero-order chi connectivity index (χ0) is 25.3. The van der Waals surface area contributed by atoms with E-state index < -0.39 is 5.97 Å². The van der Waals surface area contributed by atoms with Gasteiger partial charge in [0.25, 0.3) is 0 Å². The van der Waals surface area contributed by atoms with E-state index in [0.717, 1.165) is 51.4 Å². The second-order valence-corrected chi connectivity index (χ2v) is 13.5. The fourth-order valence-corrected chi connectivity index (χ4v) is 9.16. The number of carboxylic acid groups (broad SMARTS) is 1. The van der Waals surface area contributed by atoms with Crippen molar-refractivity contribution >= 4 is 11.8 Å². The van der Waals surface area contributed by atoms with Crippen LogP contribution in [-0.4, -0.2) is 28.1 Å². The maximum Gasteiger partial charge on any atom is 0.330 e. The molecule has 0 aromatic carbocycles. The van der Waals surface area contributed by atoms with Crippen LogP contribution in [0.15, 0.2) is 22.8 Å². The Labute approximate surface area is 206 Å². The van der Waals surface area contributed by atoms with E-state index in [1.165, 1.54) is 11.1 Å². The van der Waals surface area contributed by atoms with Crippen LogP contribution in [0.1, 0.15) is 106 Å². The molecule has 4 rings (SSSR count). The highest BCUT2D eigenvalue weighted by atomic mass is 16.4. The summed E-state index contributed by atoms with van der Waals surface area (Å²) in [7, 11) is 0. The summed E-state index contributed by atoms with van der Waals surface area (Å²) in [5.74, 6) is 0.774. The number of allylic oxidation sites excluding steroid dienone is 3. The number of ketones is 1. The van der Waals surface area contributed by atoms with Crippen LogP contribution in [0.2, 0.25) is 0 Å². The molecule has 0 unspecified atom stereocenters. The summed E-state index contributed by atoms with van der Waals surface area (Å²) in [5, 5.41) is 19.9. The predicted octanol–water partition coefficient (Wildman–Crippen LogP) is 6.72.